The fraction of sp³-hybridized carbons (Fsp3) is 0.615. The van der Waals surface area contributed by atoms with E-state index < -0.39 is 5.97 Å². The second-order valence-corrected chi connectivity index (χ2v) is 5.36. The third kappa shape index (κ3) is 5.11. The van der Waals surface area contributed by atoms with E-state index in [-0.39, 0.29) is 17.7 Å². The van der Waals surface area contributed by atoms with Gasteiger partial charge in [-0.25, -0.2) is 0 Å². The molecule has 6 heteroatoms. The monoisotopic (exact) mass is 268 g/mol. The number of rotatable bonds is 7. The lowest BCUT2D eigenvalue weighted by Gasteiger charge is -2.23. The minimum Gasteiger partial charge on any atom is -0.481 e. The van der Waals surface area contributed by atoms with Crippen molar-refractivity contribution in [2.75, 3.05) is 6.54 Å². The van der Waals surface area contributed by atoms with Crippen molar-refractivity contribution in [3.8, 4) is 0 Å². The van der Waals surface area contributed by atoms with E-state index in [2.05, 4.69) is 10.5 Å². The molecule has 1 aromatic heterocycles. The number of aliphatic carboxylic acids is 1. The van der Waals surface area contributed by atoms with Crippen LogP contribution in [-0.4, -0.2) is 28.7 Å². The first-order valence-corrected chi connectivity index (χ1v) is 6.23. The van der Waals surface area contributed by atoms with Gasteiger partial charge in [-0.15, -0.1) is 0 Å². The molecule has 0 aliphatic heterocycles. The van der Waals surface area contributed by atoms with Gasteiger partial charge in [0, 0.05) is 13.0 Å². The van der Waals surface area contributed by atoms with Gasteiger partial charge in [-0.1, -0.05) is 19.0 Å². The smallest absolute Gasteiger partial charge is 0.303 e. The Morgan fingerprint density at radius 3 is 2.63 bits per heavy atom. The van der Waals surface area contributed by atoms with Crippen LogP contribution >= 0.6 is 0 Å². The zero-order chi connectivity index (χ0) is 14.5. The van der Waals surface area contributed by atoms with Crippen molar-refractivity contribution in [2.45, 2.75) is 40.0 Å². The average molecular weight is 268 g/mol. The first-order valence-electron chi connectivity index (χ1n) is 6.23. The molecule has 0 unspecified atom stereocenters. The Labute approximate surface area is 112 Å². The quantitative estimate of drug-likeness (QED) is 0.789. The molecular formula is C13H20N2O4. The number of hydrogen-bond acceptors (Lipinski definition) is 4. The molecule has 0 aliphatic carbocycles. The molecule has 106 valence electrons. The van der Waals surface area contributed by atoms with Crippen LogP contribution in [0.5, 0.6) is 0 Å². The van der Waals surface area contributed by atoms with E-state index in [0.29, 0.717) is 24.3 Å². The number of carboxylic acid groups (broad SMARTS) is 1. The van der Waals surface area contributed by atoms with Crippen molar-refractivity contribution in [3.05, 3.63) is 17.5 Å². The third-order valence-corrected chi connectivity index (χ3v) is 3.10. The second kappa shape index (κ2) is 6.36. The van der Waals surface area contributed by atoms with Crippen molar-refractivity contribution in [1.29, 1.82) is 0 Å². The Kier molecular flexibility index (Phi) is 5.09. The van der Waals surface area contributed by atoms with Crippen LogP contribution in [0.3, 0.4) is 0 Å². The Bertz CT molecular complexity index is 451. The molecule has 0 aromatic carbocycles. The Morgan fingerprint density at radius 1 is 1.42 bits per heavy atom. The van der Waals surface area contributed by atoms with E-state index in [1.807, 2.05) is 13.8 Å². The van der Waals surface area contributed by atoms with Gasteiger partial charge in [-0.2, -0.15) is 0 Å². The van der Waals surface area contributed by atoms with Gasteiger partial charge in [0.05, 0.1) is 6.20 Å². The predicted molar refractivity (Wildman–Crippen MR) is 68.8 cm³/mol. The van der Waals surface area contributed by atoms with Crippen molar-refractivity contribution in [2.24, 2.45) is 5.41 Å². The number of nitrogens with one attached hydrogen (secondary N) is 1. The van der Waals surface area contributed by atoms with Crippen LogP contribution in [0.2, 0.25) is 0 Å². The minimum atomic E-state index is -0.794. The van der Waals surface area contributed by atoms with Crippen LogP contribution in [0.15, 0.2) is 10.7 Å². The number of hydrogen-bond donors (Lipinski definition) is 2. The molecule has 0 fully saturated rings. The number of carboxylic acids is 1. The molecule has 2 N–H and O–H groups in total. The molecule has 0 aliphatic rings. The largest absolute Gasteiger partial charge is 0.481 e. The lowest BCUT2D eigenvalue weighted by molar-refractivity contribution is -0.137. The van der Waals surface area contributed by atoms with Crippen molar-refractivity contribution >= 4 is 11.9 Å². The molecular weight excluding hydrogens is 248 g/mol. The van der Waals surface area contributed by atoms with E-state index in [1.165, 1.54) is 6.20 Å². The lowest BCUT2D eigenvalue weighted by atomic mass is 9.84. The van der Waals surface area contributed by atoms with Crippen LogP contribution in [0.25, 0.3) is 0 Å². The number of aromatic nitrogens is 1. The summed E-state index contributed by atoms with van der Waals surface area (Å²) in [6.45, 7) is 6.16. The number of nitrogens with zero attached hydrogens (tertiary/aromatic N) is 1. The average Bonchev–Trinajstić information content (AvgIpc) is 2.73. The highest BCUT2D eigenvalue weighted by Gasteiger charge is 2.20. The molecule has 0 saturated carbocycles. The van der Waals surface area contributed by atoms with Crippen LogP contribution in [0.1, 0.15) is 49.2 Å². The summed E-state index contributed by atoms with van der Waals surface area (Å²) in [6.07, 6.45) is 2.84. The van der Waals surface area contributed by atoms with Gasteiger partial charge in [0.2, 0.25) is 0 Å². The fourth-order valence-electron chi connectivity index (χ4n) is 1.70. The van der Waals surface area contributed by atoms with Gasteiger partial charge in [0.15, 0.2) is 0 Å². The summed E-state index contributed by atoms with van der Waals surface area (Å²) in [7, 11) is 0. The molecule has 6 nitrogen and oxygen atoms in total. The van der Waals surface area contributed by atoms with Crippen LogP contribution in [0.4, 0.5) is 0 Å². The van der Waals surface area contributed by atoms with Gasteiger partial charge in [0.25, 0.3) is 5.91 Å². The molecule has 0 bridgehead atoms. The summed E-state index contributed by atoms with van der Waals surface area (Å²) in [5.74, 6) is -0.521. The van der Waals surface area contributed by atoms with Crippen LogP contribution in [-0.2, 0) is 4.79 Å². The summed E-state index contributed by atoms with van der Waals surface area (Å²) in [5.41, 5.74) is 0.318. The highest BCUT2D eigenvalue weighted by Crippen LogP contribution is 2.26. The van der Waals surface area contributed by atoms with Gasteiger partial charge in [-0.05, 0) is 25.2 Å². The fourth-order valence-corrected chi connectivity index (χ4v) is 1.70. The van der Waals surface area contributed by atoms with Crippen molar-refractivity contribution < 1.29 is 19.2 Å². The molecule has 1 heterocycles. The second-order valence-electron chi connectivity index (χ2n) is 5.36. The lowest BCUT2D eigenvalue weighted by Crippen LogP contribution is -2.28. The normalized spacial score (nSPS) is 11.3. The third-order valence-electron chi connectivity index (χ3n) is 3.10. The molecule has 0 radical (unpaired) electrons. The molecule has 0 atom stereocenters. The van der Waals surface area contributed by atoms with Gasteiger partial charge >= 0.3 is 5.97 Å². The van der Waals surface area contributed by atoms with Gasteiger partial charge in [-0.3, -0.25) is 9.59 Å². The van der Waals surface area contributed by atoms with Crippen LogP contribution in [0, 0.1) is 12.3 Å². The number of aryl methyl sites for hydroxylation is 1. The van der Waals surface area contributed by atoms with E-state index in [9.17, 15) is 9.59 Å². The first kappa shape index (κ1) is 15.2. The van der Waals surface area contributed by atoms with Crippen molar-refractivity contribution in [1.82, 2.24) is 10.5 Å². The summed E-state index contributed by atoms with van der Waals surface area (Å²) < 4.78 is 4.82. The SMILES string of the molecule is Cc1oncc1C(=O)NCCC(C)(C)CCC(=O)O. The number of carbonyl (C=O) groups is 2. The Morgan fingerprint density at radius 2 is 2.11 bits per heavy atom. The maximum Gasteiger partial charge on any atom is 0.303 e. The van der Waals surface area contributed by atoms with E-state index in [0.717, 1.165) is 6.42 Å². The van der Waals surface area contributed by atoms with E-state index >= 15 is 0 Å². The molecule has 1 amide bonds. The van der Waals surface area contributed by atoms with Gasteiger partial charge in [0.1, 0.15) is 11.3 Å². The van der Waals surface area contributed by atoms with Crippen molar-refractivity contribution in [3.63, 3.8) is 0 Å². The summed E-state index contributed by atoms with van der Waals surface area (Å²) in [5, 5.41) is 15.0. The molecule has 19 heavy (non-hydrogen) atoms. The predicted octanol–water partition coefficient (Wildman–Crippen LogP) is 1.99. The zero-order valence-electron chi connectivity index (χ0n) is 11.5. The maximum absolute atomic E-state index is 11.8. The van der Waals surface area contributed by atoms with E-state index in [4.69, 9.17) is 9.63 Å². The molecule has 0 spiro atoms. The standard InChI is InChI=1S/C13H20N2O4/c1-9-10(8-15-19-9)12(18)14-7-6-13(2,3)5-4-11(16)17/h8H,4-7H2,1-3H3,(H,14,18)(H,16,17). The van der Waals surface area contributed by atoms with Crippen LogP contribution < -0.4 is 5.32 Å². The topological polar surface area (TPSA) is 92.4 Å². The molecule has 1 rings (SSSR count). The van der Waals surface area contributed by atoms with E-state index in [1.54, 1.807) is 6.92 Å². The molecule has 0 saturated heterocycles. The Hall–Kier alpha value is -1.85. The summed E-state index contributed by atoms with van der Waals surface area (Å²) in [4.78, 5) is 22.3. The molecule has 1 aromatic rings. The highest BCUT2D eigenvalue weighted by molar-refractivity contribution is 5.94. The maximum atomic E-state index is 11.8. The first-order chi connectivity index (χ1) is 8.82. The number of amides is 1. The minimum absolute atomic E-state index is 0.116. The zero-order valence-corrected chi connectivity index (χ0v) is 11.5. The summed E-state index contributed by atoms with van der Waals surface area (Å²) >= 11 is 0. The summed E-state index contributed by atoms with van der Waals surface area (Å²) in [6, 6.07) is 0. The highest BCUT2D eigenvalue weighted by atomic mass is 16.5. The Balaban J connectivity index is 2.35. The van der Waals surface area contributed by atoms with Gasteiger partial charge < -0.3 is 14.9 Å². The number of carbonyl (C=O) groups excluding carboxylic acids is 1.